The number of rotatable bonds is 3. The fraction of sp³-hybridized carbons (Fsp3) is 0.364. The molecule has 0 saturated carbocycles. The van der Waals surface area contributed by atoms with Gasteiger partial charge in [0.05, 0.1) is 18.9 Å². The molecule has 0 aliphatic carbocycles. The summed E-state index contributed by atoms with van der Waals surface area (Å²) in [7, 11) is 0. The third-order valence-electron chi connectivity index (χ3n) is 2.54. The van der Waals surface area contributed by atoms with E-state index in [0.29, 0.717) is 4.99 Å². The van der Waals surface area contributed by atoms with E-state index in [1.807, 2.05) is 18.2 Å². The number of thiocarbonyl (C=S) groups is 1. The summed E-state index contributed by atoms with van der Waals surface area (Å²) in [5.74, 6) is 0. The van der Waals surface area contributed by atoms with Gasteiger partial charge in [0.25, 0.3) is 0 Å². The van der Waals surface area contributed by atoms with Gasteiger partial charge in [0.2, 0.25) is 0 Å². The predicted octanol–water partition coefficient (Wildman–Crippen LogP) is 1.74. The van der Waals surface area contributed by atoms with Gasteiger partial charge in [0.15, 0.2) is 0 Å². The third-order valence-corrected chi connectivity index (χ3v) is 3.44. The second-order valence-corrected chi connectivity index (χ2v) is 5.06. The van der Waals surface area contributed by atoms with Crippen molar-refractivity contribution in [3.8, 4) is 0 Å². The minimum absolute atomic E-state index is 0.406. The predicted molar refractivity (Wildman–Crippen MR) is 76.0 cm³/mol. The fourth-order valence-corrected chi connectivity index (χ4v) is 2.20. The molecule has 0 bridgehead atoms. The van der Waals surface area contributed by atoms with Gasteiger partial charge in [-0.2, -0.15) is 0 Å². The minimum Gasteiger partial charge on any atom is -0.389 e. The number of nitrogens with two attached hydrogens (primary N) is 1. The second-order valence-electron chi connectivity index (χ2n) is 3.77. The van der Waals surface area contributed by atoms with Gasteiger partial charge < -0.3 is 15.9 Å². The highest BCUT2D eigenvalue weighted by Gasteiger charge is 2.11. The Hall–Kier alpha value is -0.690. The highest BCUT2D eigenvalue weighted by Crippen LogP contribution is 2.24. The van der Waals surface area contributed by atoms with Crippen molar-refractivity contribution in [2.75, 3.05) is 31.7 Å². The zero-order valence-electron chi connectivity index (χ0n) is 9.28. The smallest absolute Gasteiger partial charge is 0.104 e. The molecule has 6 heteroatoms. The number of anilines is 1. The van der Waals surface area contributed by atoms with Crippen LogP contribution in [-0.2, 0) is 4.74 Å². The van der Waals surface area contributed by atoms with Gasteiger partial charge in [-0.15, -0.1) is 0 Å². The number of benzene rings is 1. The van der Waals surface area contributed by atoms with E-state index in [1.54, 1.807) is 0 Å². The zero-order chi connectivity index (χ0) is 12.3. The summed E-state index contributed by atoms with van der Waals surface area (Å²) in [5.41, 5.74) is 10.8. The fourth-order valence-electron chi connectivity index (χ4n) is 1.60. The van der Waals surface area contributed by atoms with E-state index in [2.05, 4.69) is 26.4 Å². The normalized spacial score (nSPS) is 16.8. The lowest BCUT2D eigenvalue weighted by atomic mass is 10.2. The Morgan fingerprint density at radius 2 is 2.12 bits per heavy atom. The highest BCUT2D eigenvalue weighted by molar-refractivity contribution is 9.10. The van der Waals surface area contributed by atoms with Crippen molar-refractivity contribution in [3.05, 3.63) is 28.2 Å². The van der Waals surface area contributed by atoms with Crippen molar-refractivity contribution in [1.82, 2.24) is 5.01 Å². The summed E-state index contributed by atoms with van der Waals surface area (Å²) in [5, 5.41) is 2.13. The monoisotopic (exact) mass is 315 g/mol. The first kappa shape index (κ1) is 12.8. The van der Waals surface area contributed by atoms with Crippen molar-refractivity contribution in [2.45, 2.75) is 0 Å². The minimum atomic E-state index is 0.406. The quantitative estimate of drug-likeness (QED) is 0.832. The number of hydrogen-bond donors (Lipinski definition) is 2. The Balaban J connectivity index is 2.08. The molecule has 1 aliphatic heterocycles. The molecule has 0 atom stereocenters. The SMILES string of the molecule is NC(=S)c1ccc(NN2CCOCC2)c(Br)c1. The molecule has 17 heavy (non-hydrogen) atoms. The molecule has 1 aliphatic rings. The van der Waals surface area contributed by atoms with E-state index in [9.17, 15) is 0 Å². The van der Waals surface area contributed by atoms with Crippen LogP contribution in [0.3, 0.4) is 0 Å². The highest BCUT2D eigenvalue weighted by atomic mass is 79.9. The maximum atomic E-state index is 5.58. The molecule has 0 unspecified atom stereocenters. The number of hydrogen-bond acceptors (Lipinski definition) is 4. The molecule has 0 spiro atoms. The topological polar surface area (TPSA) is 50.5 Å². The van der Waals surface area contributed by atoms with Gasteiger partial charge in [-0.3, -0.25) is 0 Å². The maximum absolute atomic E-state index is 5.58. The van der Waals surface area contributed by atoms with E-state index >= 15 is 0 Å². The molecular formula is C11H14BrN3OS. The van der Waals surface area contributed by atoms with Crippen LogP contribution in [0, 0.1) is 0 Å². The summed E-state index contributed by atoms with van der Waals surface area (Å²) in [6.07, 6.45) is 0. The van der Waals surface area contributed by atoms with Gasteiger partial charge in [-0.05, 0) is 34.1 Å². The summed E-state index contributed by atoms with van der Waals surface area (Å²) in [6, 6.07) is 5.80. The van der Waals surface area contributed by atoms with Crippen LogP contribution in [0.25, 0.3) is 0 Å². The third kappa shape index (κ3) is 3.38. The molecule has 0 amide bonds. The standard InChI is InChI=1S/C11H14BrN3OS/c12-9-7-8(11(13)17)1-2-10(9)14-15-3-5-16-6-4-15/h1-2,7,14H,3-6H2,(H2,13,17). The molecule has 1 aromatic rings. The van der Waals surface area contributed by atoms with Crippen LogP contribution in [0.2, 0.25) is 0 Å². The number of morpholine rings is 1. The van der Waals surface area contributed by atoms with E-state index in [1.165, 1.54) is 0 Å². The Morgan fingerprint density at radius 1 is 1.41 bits per heavy atom. The van der Waals surface area contributed by atoms with E-state index in [4.69, 9.17) is 22.7 Å². The Kier molecular flexibility index (Phi) is 4.33. The number of nitrogens with zero attached hydrogens (tertiary/aromatic N) is 1. The Bertz CT molecular complexity index is 421. The molecule has 92 valence electrons. The largest absolute Gasteiger partial charge is 0.389 e. The lowest BCUT2D eigenvalue weighted by Gasteiger charge is -2.28. The van der Waals surface area contributed by atoms with Gasteiger partial charge in [-0.1, -0.05) is 12.2 Å². The molecule has 0 radical (unpaired) electrons. The average Bonchev–Trinajstić information content (AvgIpc) is 2.33. The van der Waals surface area contributed by atoms with Crippen LogP contribution in [0.15, 0.2) is 22.7 Å². The summed E-state index contributed by atoms with van der Waals surface area (Å²) in [6.45, 7) is 3.28. The Morgan fingerprint density at radius 3 is 2.71 bits per heavy atom. The number of nitrogens with one attached hydrogen (secondary N) is 1. The van der Waals surface area contributed by atoms with Gasteiger partial charge in [0, 0.05) is 23.1 Å². The number of ether oxygens (including phenoxy) is 1. The van der Waals surface area contributed by atoms with Crippen LogP contribution < -0.4 is 11.2 Å². The van der Waals surface area contributed by atoms with Crippen molar-refractivity contribution >= 4 is 38.8 Å². The zero-order valence-corrected chi connectivity index (χ0v) is 11.7. The Labute approximate surface area is 114 Å². The lowest BCUT2D eigenvalue weighted by Crippen LogP contribution is -2.40. The van der Waals surface area contributed by atoms with Crippen molar-refractivity contribution < 1.29 is 4.74 Å². The van der Waals surface area contributed by atoms with Crippen LogP contribution in [0.4, 0.5) is 5.69 Å². The maximum Gasteiger partial charge on any atom is 0.104 e. The molecule has 1 heterocycles. The molecule has 1 saturated heterocycles. The first-order valence-corrected chi connectivity index (χ1v) is 6.55. The molecule has 0 aromatic heterocycles. The molecule has 2 rings (SSSR count). The summed E-state index contributed by atoms with van der Waals surface area (Å²) < 4.78 is 6.24. The van der Waals surface area contributed by atoms with E-state index in [-0.39, 0.29) is 0 Å². The van der Waals surface area contributed by atoms with Gasteiger partial charge in [-0.25, -0.2) is 5.01 Å². The van der Waals surface area contributed by atoms with Crippen molar-refractivity contribution in [2.24, 2.45) is 5.73 Å². The van der Waals surface area contributed by atoms with Gasteiger partial charge in [0.1, 0.15) is 4.99 Å². The summed E-state index contributed by atoms with van der Waals surface area (Å²) >= 11 is 8.44. The molecule has 1 aromatic carbocycles. The lowest BCUT2D eigenvalue weighted by molar-refractivity contribution is 0.0496. The van der Waals surface area contributed by atoms with Crippen molar-refractivity contribution in [3.63, 3.8) is 0 Å². The first-order valence-electron chi connectivity index (χ1n) is 5.35. The van der Waals surface area contributed by atoms with E-state index < -0.39 is 0 Å². The van der Waals surface area contributed by atoms with Crippen LogP contribution in [0.5, 0.6) is 0 Å². The van der Waals surface area contributed by atoms with Gasteiger partial charge >= 0.3 is 0 Å². The van der Waals surface area contributed by atoms with Crippen LogP contribution in [0.1, 0.15) is 5.56 Å². The molecular weight excluding hydrogens is 302 g/mol. The number of halogens is 1. The van der Waals surface area contributed by atoms with E-state index in [0.717, 1.165) is 42.0 Å². The second kappa shape index (κ2) is 5.77. The molecule has 3 N–H and O–H groups in total. The average molecular weight is 316 g/mol. The van der Waals surface area contributed by atoms with Crippen molar-refractivity contribution in [1.29, 1.82) is 0 Å². The first-order chi connectivity index (χ1) is 8.16. The molecule has 1 fully saturated rings. The van der Waals surface area contributed by atoms with Crippen LogP contribution >= 0.6 is 28.1 Å². The number of hydrazine groups is 1. The molecule has 4 nitrogen and oxygen atoms in total. The summed E-state index contributed by atoms with van der Waals surface area (Å²) in [4.78, 5) is 0.406. The van der Waals surface area contributed by atoms with Crippen LogP contribution in [-0.4, -0.2) is 36.3 Å².